The van der Waals surface area contributed by atoms with E-state index in [1.165, 1.54) is 0 Å². The Morgan fingerprint density at radius 3 is 2.90 bits per heavy atom. The summed E-state index contributed by atoms with van der Waals surface area (Å²) < 4.78 is 1.82. The zero-order valence-corrected chi connectivity index (χ0v) is 11.6. The Bertz CT molecular complexity index is 686. The minimum Gasteiger partial charge on any atom is -0.342 e. The first kappa shape index (κ1) is 12.6. The van der Waals surface area contributed by atoms with Gasteiger partial charge in [0.15, 0.2) is 5.82 Å². The average Bonchev–Trinajstić information content (AvgIpc) is 3.19. The predicted octanol–water partition coefficient (Wildman–Crippen LogP) is 2.53. The Kier molecular flexibility index (Phi) is 3.34. The van der Waals surface area contributed by atoms with E-state index in [2.05, 4.69) is 20.5 Å². The van der Waals surface area contributed by atoms with Crippen LogP contribution in [0.4, 0.5) is 5.95 Å². The molecule has 102 valence electrons. The third-order valence-corrected chi connectivity index (χ3v) is 3.81. The first-order chi connectivity index (χ1) is 9.74. The molecule has 0 saturated carbocycles. The molecule has 6 nitrogen and oxygen atoms in total. The van der Waals surface area contributed by atoms with Gasteiger partial charge in [-0.1, -0.05) is 6.07 Å². The lowest BCUT2D eigenvalue weighted by Gasteiger charge is -2.11. The second-order valence-corrected chi connectivity index (χ2v) is 5.23. The van der Waals surface area contributed by atoms with Crippen molar-refractivity contribution >= 4 is 23.2 Å². The summed E-state index contributed by atoms with van der Waals surface area (Å²) in [4.78, 5) is 17.3. The molecule has 0 fully saturated rings. The maximum atomic E-state index is 12.1. The average molecular weight is 287 g/mol. The minimum atomic E-state index is -0.311. The van der Waals surface area contributed by atoms with Crippen molar-refractivity contribution in [3.63, 3.8) is 0 Å². The molecule has 0 spiro atoms. The molecule has 1 atom stereocenters. The summed E-state index contributed by atoms with van der Waals surface area (Å²) >= 11 is 1.56. The fourth-order valence-corrected chi connectivity index (χ4v) is 2.46. The number of carbonyl (C=O) groups excluding carboxylic acids is 1. The van der Waals surface area contributed by atoms with Crippen LogP contribution in [0.5, 0.6) is 0 Å². The molecule has 2 N–H and O–H groups in total. The molecular weight excluding hydrogens is 274 g/mol. The maximum Gasteiger partial charge on any atom is 0.249 e. The minimum absolute atomic E-state index is 0.155. The second-order valence-electron chi connectivity index (χ2n) is 4.28. The lowest BCUT2D eigenvalue weighted by Crippen LogP contribution is -2.23. The lowest BCUT2D eigenvalue weighted by atomic mass is 10.3. The number of aromatic amines is 1. The van der Waals surface area contributed by atoms with Gasteiger partial charge in [0.05, 0.1) is 4.88 Å². The summed E-state index contributed by atoms with van der Waals surface area (Å²) in [5, 5.41) is 11.5. The largest absolute Gasteiger partial charge is 0.342 e. The Morgan fingerprint density at radius 1 is 1.40 bits per heavy atom. The van der Waals surface area contributed by atoms with Crippen molar-refractivity contribution < 1.29 is 4.79 Å². The summed E-state index contributed by atoms with van der Waals surface area (Å²) in [6.07, 6.45) is 3.69. The van der Waals surface area contributed by atoms with E-state index in [1.54, 1.807) is 11.3 Å². The molecule has 1 amide bonds. The van der Waals surface area contributed by atoms with Crippen molar-refractivity contribution in [1.29, 1.82) is 0 Å². The molecule has 0 aliphatic rings. The van der Waals surface area contributed by atoms with Gasteiger partial charge >= 0.3 is 0 Å². The molecule has 0 radical (unpaired) electrons. The number of rotatable bonds is 4. The van der Waals surface area contributed by atoms with Crippen LogP contribution in [0.1, 0.15) is 13.0 Å². The van der Waals surface area contributed by atoms with Crippen molar-refractivity contribution in [2.24, 2.45) is 0 Å². The molecule has 3 aromatic rings. The predicted molar refractivity (Wildman–Crippen MR) is 77.5 cm³/mol. The molecule has 0 aliphatic carbocycles. The number of nitrogens with one attached hydrogen (secondary N) is 2. The summed E-state index contributed by atoms with van der Waals surface area (Å²) in [7, 11) is 0. The van der Waals surface area contributed by atoms with E-state index in [0.29, 0.717) is 5.82 Å². The number of hydrogen-bond donors (Lipinski definition) is 2. The highest BCUT2D eigenvalue weighted by atomic mass is 32.1. The first-order valence-corrected chi connectivity index (χ1v) is 7.01. The first-order valence-electron chi connectivity index (χ1n) is 6.13. The number of thiophene rings is 1. The number of H-pyrrole nitrogens is 1. The second kappa shape index (κ2) is 5.30. The molecule has 0 aromatic carbocycles. The fourth-order valence-electron chi connectivity index (χ4n) is 1.80. The van der Waals surface area contributed by atoms with E-state index in [1.807, 2.05) is 53.5 Å². The number of aromatic nitrogens is 4. The van der Waals surface area contributed by atoms with Crippen LogP contribution in [-0.4, -0.2) is 25.7 Å². The molecule has 3 heterocycles. The van der Waals surface area contributed by atoms with Gasteiger partial charge in [-0.2, -0.15) is 4.98 Å². The van der Waals surface area contributed by atoms with Gasteiger partial charge in [0.1, 0.15) is 6.04 Å². The Morgan fingerprint density at radius 2 is 2.20 bits per heavy atom. The Labute approximate surface area is 119 Å². The van der Waals surface area contributed by atoms with Crippen molar-refractivity contribution in [3.05, 3.63) is 42.0 Å². The van der Waals surface area contributed by atoms with Crippen LogP contribution in [0.2, 0.25) is 0 Å². The van der Waals surface area contributed by atoms with Crippen LogP contribution in [0.3, 0.4) is 0 Å². The molecule has 0 aliphatic heterocycles. The van der Waals surface area contributed by atoms with E-state index >= 15 is 0 Å². The van der Waals surface area contributed by atoms with Crippen molar-refractivity contribution in [2.75, 3.05) is 5.32 Å². The van der Waals surface area contributed by atoms with Crippen LogP contribution < -0.4 is 5.32 Å². The van der Waals surface area contributed by atoms with Crippen LogP contribution >= 0.6 is 11.3 Å². The molecule has 20 heavy (non-hydrogen) atoms. The molecule has 3 aromatic heterocycles. The van der Waals surface area contributed by atoms with Gasteiger partial charge in [0.25, 0.3) is 0 Å². The van der Waals surface area contributed by atoms with Crippen LogP contribution in [0, 0.1) is 0 Å². The molecule has 7 heteroatoms. The van der Waals surface area contributed by atoms with Gasteiger partial charge < -0.3 is 4.57 Å². The third kappa shape index (κ3) is 2.48. The summed E-state index contributed by atoms with van der Waals surface area (Å²) in [6.45, 7) is 1.82. The monoisotopic (exact) mass is 287 g/mol. The van der Waals surface area contributed by atoms with Gasteiger partial charge in [-0.3, -0.25) is 15.2 Å². The zero-order chi connectivity index (χ0) is 13.9. The van der Waals surface area contributed by atoms with Gasteiger partial charge in [-0.25, -0.2) is 0 Å². The normalized spacial score (nSPS) is 12.2. The van der Waals surface area contributed by atoms with Gasteiger partial charge in [-0.15, -0.1) is 16.4 Å². The molecule has 0 unspecified atom stereocenters. The van der Waals surface area contributed by atoms with Gasteiger partial charge in [0.2, 0.25) is 11.9 Å². The van der Waals surface area contributed by atoms with E-state index < -0.39 is 0 Å². The standard InChI is InChI=1S/C13H13N5OS/c1-9(18-6-2-3-7-18)12(19)15-13-14-11(16-17-13)10-5-4-8-20-10/h2-9H,1H3,(H2,14,15,16,17,19)/t9-/m1/s1. The van der Waals surface area contributed by atoms with E-state index in [4.69, 9.17) is 0 Å². The van der Waals surface area contributed by atoms with Crippen molar-refractivity contribution in [1.82, 2.24) is 19.7 Å². The number of hydrogen-bond acceptors (Lipinski definition) is 4. The summed E-state index contributed by atoms with van der Waals surface area (Å²) in [6, 6.07) is 7.33. The number of nitrogens with zero attached hydrogens (tertiary/aromatic N) is 3. The van der Waals surface area contributed by atoms with Crippen molar-refractivity contribution in [2.45, 2.75) is 13.0 Å². The molecule has 0 bridgehead atoms. The number of anilines is 1. The highest BCUT2D eigenvalue weighted by Crippen LogP contribution is 2.21. The van der Waals surface area contributed by atoms with E-state index in [-0.39, 0.29) is 17.9 Å². The SMILES string of the molecule is C[C@H](C(=O)Nc1n[nH]c(-c2cccs2)n1)n1cccc1. The molecular formula is C13H13N5OS. The number of amides is 1. The fraction of sp³-hybridized carbons (Fsp3) is 0.154. The Balaban J connectivity index is 1.70. The topological polar surface area (TPSA) is 75.6 Å². The zero-order valence-electron chi connectivity index (χ0n) is 10.8. The molecule has 3 rings (SSSR count). The van der Waals surface area contributed by atoms with Crippen LogP contribution in [0.25, 0.3) is 10.7 Å². The van der Waals surface area contributed by atoms with E-state index in [9.17, 15) is 4.79 Å². The summed E-state index contributed by atoms with van der Waals surface area (Å²) in [5.41, 5.74) is 0. The smallest absolute Gasteiger partial charge is 0.249 e. The van der Waals surface area contributed by atoms with Crippen molar-refractivity contribution in [3.8, 4) is 10.7 Å². The van der Waals surface area contributed by atoms with Crippen LogP contribution in [0.15, 0.2) is 42.0 Å². The van der Waals surface area contributed by atoms with E-state index in [0.717, 1.165) is 4.88 Å². The third-order valence-electron chi connectivity index (χ3n) is 2.93. The van der Waals surface area contributed by atoms with Crippen LogP contribution in [-0.2, 0) is 4.79 Å². The molecule has 0 saturated heterocycles. The highest BCUT2D eigenvalue weighted by Gasteiger charge is 2.16. The van der Waals surface area contributed by atoms with Gasteiger partial charge in [-0.05, 0) is 30.5 Å². The highest BCUT2D eigenvalue weighted by molar-refractivity contribution is 7.13. The maximum absolute atomic E-state index is 12.1. The van der Waals surface area contributed by atoms with Gasteiger partial charge in [0, 0.05) is 12.4 Å². The summed E-state index contributed by atoms with van der Waals surface area (Å²) in [5.74, 6) is 0.791. The number of carbonyl (C=O) groups is 1. The quantitative estimate of drug-likeness (QED) is 0.774. The lowest BCUT2D eigenvalue weighted by molar-refractivity contribution is -0.118. The Hall–Kier alpha value is -2.41.